The van der Waals surface area contributed by atoms with Crippen molar-refractivity contribution in [3.05, 3.63) is 40.0 Å². The number of nitrogens with one attached hydrogen (secondary N) is 2. The summed E-state index contributed by atoms with van der Waals surface area (Å²) in [5, 5.41) is 14.6. The lowest BCUT2D eigenvalue weighted by Gasteiger charge is -2.15. The minimum absolute atomic E-state index is 0.0268. The molecule has 152 valence electrons. The van der Waals surface area contributed by atoms with E-state index in [0.717, 1.165) is 0 Å². The monoisotopic (exact) mass is 436 g/mol. The van der Waals surface area contributed by atoms with Crippen molar-refractivity contribution < 1.29 is 23.1 Å². The van der Waals surface area contributed by atoms with Crippen LogP contribution >= 0.6 is 23.2 Å². The smallest absolute Gasteiger partial charge is 0.421 e. The standard InChI is InChI=1S/C17H17Cl2F3N4O2/c18-12-6-5-10(8-13(12)19)25-16-24-9-11(17(20,21)22)15(26-16)23-7-3-1-2-4-14(27)28/h5-6,8-9H,1-4,7H2,(H,27,28)(H2,23,24,25,26). The Morgan fingerprint density at radius 3 is 2.54 bits per heavy atom. The van der Waals surface area contributed by atoms with Crippen molar-refractivity contribution in [2.24, 2.45) is 0 Å². The first-order valence-electron chi connectivity index (χ1n) is 8.29. The second-order valence-electron chi connectivity index (χ2n) is 5.84. The van der Waals surface area contributed by atoms with Gasteiger partial charge in [-0.25, -0.2) is 4.98 Å². The Balaban J connectivity index is 2.08. The first-order valence-corrected chi connectivity index (χ1v) is 9.04. The van der Waals surface area contributed by atoms with Gasteiger partial charge in [0.2, 0.25) is 5.95 Å². The molecule has 0 bridgehead atoms. The predicted octanol–water partition coefficient (Wildman–Crippen LogP) is 5.60. The van der Waals surface area contributed by atoms with E-state index in [-0.39, 0.29) is 29.8 Å². The average Bonchev–Trinajstić information content (AvgIpc) is 2.60. The van der Waals surface area contributed by atoms with E-state index in [1.54, 1.807) is 6.07 Å². The van der Waals surface area contributed by atoms with Gasteiger partial charge in [0.25, 0.3) is 0 Å². The van der Waals surface area contributed by atoms with Gasteiger partial charge in [-0.3, -0.25) is 4.79 Å². The lowest BCUT2D eigenvalue weighted by molar-refractivity contribution is -0.138. The van der Waals surface area contributed by atoms with E-state index in [1.807, 2.05) is 0 Å². The molecule has 11 heteroatoms. The zero-order valence-corrected chi connectivity index (χ0v) is 16.0. The zero-order chi connectivity index (χ0) is 20.7. The summed E-state index contributed by atoms with van der Waals surface area (Å²) in [6.45, 7) is 0.214. The van der Waals surface area contributed by atoms with E-state index >= 15 is 0 Å². The van der Waals surface area contributed by atoms with Crippen LogP contribution in [0.25, 0.3) is 0 Å². The van der Waals surface area contributed by atoms with Crippen LogP contribution in [0.2, 0.25) is 10.0 Å². The molecular weight excluding hydrogens is 420 g/mol. The van der Waals surface area contributed by atoms with Gasteiger partial charge in [-0.05, 0) is 31.0 Å². The summed E-state index contributed by atoms with van der Waals surface area (Å²) in [6.07, 6.45) is -2.37. The van der Waals surface area contributed by atoms with Crippen LogP contribution in [0.15, 0.2) is 24.4 Å². The molecule has 2 rings (SSSR count). The fourth-order valence-corrected chi connectivity index (χ4v) is 2.57. The number of carboxylic acid groups (broad SMARTS) is 1. The summed E-state index contributed by atoms with van der Waals surface area (Å²) in [5.41, 5.74) is -0.522. The van der Waals surface area contributed by atoms with E-state index in [9.17, 15) is 18.0 Å². The Hall–Kier alpha value is -2.26. The minimum atomic E-state index is -4.62. The van der Waals surface area contributed by atoms with Gasteiger partial charge in [-0.1, -0.05) is 29.6 Å². The Morgan fingerprint density at radius 1 is 1.14 bits per heavy atom. The van der Waals surface area contributed by atoms with Crippen LogP contribution < -0.4 is 10.6 Å². The van der Waals surface area contributed by atoms with Crippen molar-refractivity contribution in [2.75, 3.05) is 17.2 Å². The number of carboxylic acids is 1. The lowest BCUT2D eigenvalue weighted by atomic mass is 10.2. The lowest BCUT2D eigenvalue weighted by Crippen LogP contribution is -2.15. The van der Waals surface area contributed by atoms with Crippen molar-refractivity contribution in [3.63, 3.8) is 0 Å². The molecule has 1 heterocycles. The first kappa shape index (κ1) is 22.0. The average molecular weight is 437 g/mol. The molecule has 3 N–H and O–H groups in total. The van der Waals surface area contributed by atoms with Crippen molar-refractivity contribution in [1.29, 1.82) is 0 Å². The summed E-state index contributed by atoms with van der Waals surface area (Å²) in [7, 11) is 0. The normalized spacial score (nSPS) is 11.3. The van der Waals surface area contributed by atoms with E-state index < -0.39 is 17.7 Å². The molecule has 6 nitrogen and oxygen atoms in total. The van der Waals surface area contributed by atoms with Gasteiger partial charge in [-0.15, -0.1) is 0 Å². The highest BCUT2D eigenvalue weighted by Gasteiger charge is 2.35. The molecule has 1 aromatic heterocycles. The molecule has 0 unspecified atom stereocenters. The summed E-state index contributed by atoms with van der Waals surface area (Å²) < 4.78 is 39.6. The Kier molecular flexibility index (Phi) is 7.70. The van der Waals surface area contributed by atoms with Crippen LogP contribution in [-0.4, -0.2) is 27.6 Å². The zero-order valence-electron chi connectivity index (χ0n) is 14.5. The molecule has 0 aliphatic heterocycles. The highest BCUT2D eigenvalue weighted by atomic mass is 35.5. The van der Waals surface area contributed by atoms with Crippen LogP contribution in [-0.2, 0) is 11.0 Å². The molecule has 0 atom stereocenters. The van der Waals surface area contributed by atoms with E-state index in [1.165, 1.54) is 12.1 Å². The highest BCUT2D eigenvalue weighted by molar-refractivity contribution is 6.42. The number of unbranched alkanes of at least 4 members (excludes halogenated alkanes) is 2. The molecule has 0 radical (unpaired) electrons. The fraction of sp³-hybridized carbons (Fsp3) is 0.353. The molecule has 0 aliphatic rings. The third-order valence-electron chi connectivity index (χ3n) is 3.63. The minimum Gasteiger partial charge on any atom is -0.481 e. The largest absolute Gasteiger partial charge is 0.481 e. The van der Waals surface area contributed by atoms with E-state index in [2.05, 4.69) is 20.6 Å². The molecule has 0 saturated heterocycles. The number of aliphatic carboxylic acids is 1. The summed E-state index contributed by atoms with van der Waals surface area (Å²) in [4.78, 5) is 18.1. The highest BCUT2D eigenvalue weighted by Crippen LogP contribution is 2.34. The first-order chi connectivity index (χ1) is 13.2. The molecule has 0 fully saturated rings. The van der Waals surface area contributed by atoms with Crippen LogP contribution in [0.4, 0.5) is 30.6 Å². The number of halogens is 5. The third kappa shape index (κ3) is 6.72. The van der Waals surface area contributed by atoms with Crippen LogP contribution in [0.1, 0.15) is 31.2 Å². The van der Waals surface area contributed by atoms with Crippen molar-refractivity contribution >= 4 is 46.6 Å². The van der Waals surface area contributed by atoms with Gasteiger partial charge < -0.3 is 15.7 Å². The maximum absolute atomic E-state index is 13.2. The Labute approximate surface area is 169 Å². The van der Waals surface area contributed by atoms with Crippen LogP contribution in [0.5, 0.6) is 0 Å². The molecule has 0 spiro atoms. The van der Waals surface area contributed by atoms with Crippen molar-refractivity contribution in [3.8, 4) is 0 Å². The second kappa shape index (κ2) is 9.79. The molecule has 1 aromatic carbocycles. The molecule has 0 amide bonds. The fourth-order valence-electron chi connectivity index (χ4n) is 2.27. The van der Waals surface area contributed by atoms with Crippen LogP contribution in [0, 0.1) is 0 Å². The number of hydrogen-bond donors (Lipinski definition) is 3. The number of aromatic nitrogens is 2. The Morgan fingerprint density at radius 2 is 1.89 bits per heavy atom. The van der Waals surface area contributed by atoms with Crippen LogP contribution in [0.3, 0.4) is 0 Å². The molecule has 28 heavy (non-hydrogen) atoms. The molecule has 0 saturated carbocycles. The summed E-state index contributed by atoms with van der Waals surface area (Å²) in [6, 6.07) is 4.62. The third-order valence-corrected chi connectivity index (χ3v) is 4.37. The number of hydrogen-bond acceptors (Lipinski definition) is 5. The summed E-state index contributed by atoms with van der Waals surface area (Å²) in [5.74, 6) is -1.30. The second-order valence-corrected chi connectivity index (χ2v) is 6.65. The number of alkyl halides is 3. The maximum atomic E-state index is 13.2. The van der Waals surface area contributed by atoms with E-state index in [0.29, 0.717) is 36.2 Å². The SMILES string of the molecule is O=C(O)CCCCCNc1nc(Nc2ccc(Cl)c(Cl)c2)ncc1C(F)(F)F. The molecule has 0 aliphatic carbocycles. The molecular formula is C17H17Cl2F3N4O2. The van der Waals surface area contributed by atoms with Gasteiger partial charge in [0, 0.05) is 24.8 Å². The number of anilines is 3. The van der Waals surface area contributed by atoms with Crippen molar-refractivity contribution in [1.82, 2.24) is 9.97 Å². The number of benzene rings is 1. The number of nitrogens with zero attached hydrogens (tertiary/aromatic N) is 2. The maximum Gasteiger partial charge on any atom is 0.421 e. The van der Waals surface area contributed by atoms with Gasteiger partial charge in [0.15, 0.2) is 0 Å². The van der Waals surface area contributed by atoms with Gasteiger partial charge >= 0.3 is 12.1 Å². The van der Waals surface area contributed by atoms with Gasteiger partial charge in [0.1, 0.15) is 11.4 Å². The quantitative estimate of drug-likeness (QED) is 0.443. The van der Waals surface area contributed by atoms with Crippen molar-refractivity contribution in [2.45, 2.75) is 31.9 Å². The molecule has 2 aromatic rings. The van der Waals surface area contributed by atoms with Gasteiger partial charge in [0.05, 0.1) is 10.0 Å². The van der Waals surface area contributed by atoms with Gasteiger partial charge in [-0.2, -0.15) is 18.2 Å². The Bertz CT molecular complexity index is 835. The number of rotatable bonds is 9. The summed E-state index contributed by atoms with van der Waals surface area (Å²) >= 11 is 11.7. The predicted molar refractivity (Wildman–Crippen MR) is 101 cm³/mol. The van der Waals surface area contributed by atoms with E-state index in [4.69, 9.17) is 28.3 Å². The topological polar surface area (TPSA) is 87.1 Å². The number of carbonyl (C=O) groups is 1.